The molecule has 1 heterocycles. The zero-order valence-electron chi connectivity index (χ0n) is 10.2. The summed E-state index contributed by atoms with van der Waals surface area (Å²) in [7, 11) is 0. The van der Waals surface area contributed by atoms with Gasteiger partial charge < -0.3 is 11.1 Å². The lowest BCUT2D eigenvalue weighted by atomic mass is 9.90. The monoisotopic (exact) mass is 213 g/mol. The highest BCUT2D eigenvalue weighted by molar-refractivity contribution is 5.86. The summed E-state index contributed by atoms with van der Waals surface area (Å²) in [5.74, 6) is 0.101. The van der Waals surface area contributed by atoms with Crippen LogP contribution in [0, 0.1) is 0 Å². The van der Waals surface area contributed by atoms with Gasteiger partial charge in [0.1, 0.15) is 6.04 Å². The molecule has 4 nitrogen and oxygen atoms in total. The number of carbonyl (C=O) groups excluding carboxylic acids is 1. The van der Waals surface area contributed by atoms with Crippen LogP contribution in [-0.4, -0.2) is 29.6 Å². The van der Waals surface area contributed by atoms with Gasteiger partial charge in [0.15, 0.2) is 0 Å². The van der Waals surface area contributed by atoms with Crippen LogP contribution in [0.1, 0.15) is 40.5 Å². The molecule has 1 aliphatic rings. The molecule has 0 aromatic rings. The Labute approximate surface area is 92.0 Å². The van der Waals surface area contributed by atoms with E-state index in [4.69, 9.17) is 5.73 Å². The van der Waals surface area contributed by atoms with E-state index < -0.39 is 0 Å². The van der Waals surface area contributed by atoms with Crippen molar-refractivity contribution in [3.63, 3.8) is 0 Å². The summed E-state index contributed by atoms with van der Waals surface area (Å²) in [6.45, 7) is 8.82. The van der Waals surface area contributed by atoms with Gasteiger partial charge in [-0.15, -0.1) is 0 Å². The van der Waals surface area contributed by atoms with Crippen molar-refractivity contribution in [3.05, 3.63) is 0 Å². The first-order valence-corrected chi connectivity index (χ1v) is 5.63. The van der Waals surface area contributed by atoms with Crippen molar-refractivity contribution < 1.29 is 4.79 Å². The Kier molecular flexibility index (Phi) is 3.41. The first kappa shape index (κ1) is 12.5. The van der Waals surface area contributed by atoms with E-state index in [1.807, 2.05) is 20.8 Å². The second-order valence-electron chi connectivity index (χ2n) is 5.45. The average Bonchev–Trinajstić information content (AvgIpc) is 2.69. The first-order chi connectivity index (χ1) is 6.78. The van der Waals surface area contributed by atoms with Crippen molar-refractivity contribution in [1.29, 1.82) is 0 Å². The standard InChI is InChI=1S/C11H23N3O/c1-5-6-13-9(15)8-11(4,14-8)7-10(2,3)12/h8,14H,5-7,12H2,1-4H3,(H,13,15). The maximum atomic E-state index is 11.7. The third kappa shape index (κ3) is 3.47. The summed E-state index contributed by atoms with van der Waals surface area (Å²) in [5.41, 5.74) is 5.60. The predicted octanol–water partition coefficient (Wildman–Crippen LogP) is 0.371. The lowest BCUT2D eigenvalue weighted by Crippen LogP contribution is -2.40. The van der Waals surface area contributed by atoms with Crippen LogP contribution >= 0.6 is 0 Å². The Hall–Kier alpha value is -0.610. The molecular formula is C11H23N3O. The topological polar surface area (TPSA) is 77.1 Å². The van der Waals surface area contributed by atoms with Crippen LogP contribution in [0.4, 0.5) is 0 Å². The molecule has 1 amide bonds. The molecule has 0 aromatic heterocycles. The Morgan fingerprint density at radius 3 is 2.67 bits per heavy atom. The van der Waals surface area contributed by atoms with E-state index in [1.54, 1.807) is 0 Å². The van der Waals surface area contributed by atoms with E-state index >= 15 is 0 Å². The van der Waals surface area contributed by atoms with Gasteiger partial charge in [-0.2, -0.15) is 0 Å². The summed E-state index contributed by atoms with van der Waals surface area (Å²) in [6.07, 6.45) is 1.78. The van der Waals surface area contributed by atoms with Crippen LogP contribution in [0.5, 0.6) is 0 Å². The molecule has 0 saturated carbocycles. The van der Waals surface area contributed by atoms with Crippen molar-refractivity contribution in [3.8, 4) is 0 Å². The molecule has 1 saturated heterocycles. The maximum Gasteiger partial charge on any atom is 0.239 e. The van der Waals surface area contributed by atoms with Gasteiger partial charge in [-0.05, 0) is 33.6 Å². The van der Waals surface area contributed by atoms with E-state index in [0.717, 1.165) is 19.4 Å². The highest BCUT2D eigenvalue weighted by atomic mass is 16.2. The molecule has 4 heteroatoms. The Morgan fingerprint density at radius 2 is 2.20 bits per heavy atom. The lowest BCUT2D eigenvalue weighted by Gasteiger charge is -2.22. The molecule has 1 aliphatic heterocycles. The highest BCUT2D eigenvalue weighted by Crippen LogP contribution is 2.33. The Morgan fingerprint density at radius 1 is 1.60 bits per heavy atom. The zero-order chi connectivity index (χ0) is 11.7. The predicted molar refractivity (Wildman–Crippen MR) is 61.5 cm³/mol. The van der Waals surface area contributed by atoms with Gasteiger partial charge in [0.2, 0.25) is 5.91 Å². The fourth-order valence-corrected chi connectivity index (χ4v) is 2.09. The van der Waals surface area contributed by atoms with E-state index in [-0.39, 0.29) is 23.0 Å². The molecule has 0 aromatic carbocycles. The quantitative estimate of drug-likeness (QED) is 0.577. The number of hydrogen-bond donors (Lipinski definition) is 3. The largest absolute Gasteiger partial charge is 0.355 e. The fourth-order valence-electron chi connectivity index (χ4n) is 2.09. The van der Waals surface area contributed by atoms with Gasteiger partial charge in [0.05, 0.1) is 0 Å². The van der Waals surface area contributed by atoms with Crippen LogP contribution in [0.2, 0.25) is 0 Å². The third-order valence-electron chi connectivity index (χ3n) is 2.66. The second kappa shape index (κ2) is 4.10. The molecule has 4 N–H and O–H groups in total. The Balaban J connectivity index is 2.40. The van der Waals surface area contributed by atoms with E-state index in [9.17, 15) is 4.79 Å². The second-order valence-corrected chi connectivity index (χ2v) is 5.45. The van der Waals surface area contributed by atoms with Gasteiger partial charge in [-0.3, -0.25) is 10.1 Å². The minimum atomic E-state index is -0.235. The van der Waals surface area contributed by atoms with Crippen LogP contribution in [-0.2, 0) is 4.79 Å². The molecule has 2 atom stereocenters. The summed E-state index contributed by atoms with van der Waals surface area (Å²) < 4.78 is 0. The molecular weight excluding hydrogens is 190 g/mol. The number of carbonyl (C=O) groups is 1. The van der Waals surface area contributed by atoms with Gasteiger partial charge >= 0.3 is 0 Å². The van der Waals surface area contributed by atoms with Crippen LogP contribution < -0.4 is 16.4 Å². The summed E-state index contributed by atoms with van der Waals surface area (Å²) in [6, 6.07) is -0.0631. The van der Waals surface area contributed by atoms with E-state index in [2.05, 4.69) is 17.6 Å². The zero-order valence-corrected chi connectivity index (χ0v) is 10.2. The smallest absolute Gasteiger partial charge is 0.239 e. The minimum absolute atomic E-state index is 0.0631. The minimum Gasteiger partial charge on any atom is -0.355 e. The summed E-state index contributed by atoms with van der Waals surface area (Å²) in [4.78, 5) is 11.7. The number of nitrogens with two attached hydrogens (primary N) is 1. The Bertz CT molecular complexity index is 247. The van der Waals surface area contributed by atoms with Crippen LogP contribution in [0.15, 0.2) is 0 Å². The normalized spacial score (nSPS) is 30.1. The fraction of sp³-hybridized carbons (Fsp3) is 0.909. The molecule has 15 heavy (non-hydrogen) atoms. The first-order valence-electron chi connectivity index (χ1n) is 5.63. The van der Waals surface area contributed by atoms with Gasteiger partial charge in [0.25, 0.3) is 0 Å². The molecule has 88 valence electrons. The average molecular weight is 213 g/mol. The maximum absolute atomic E-state index is 11.7. The van der Waals surface area contributed by atoms with Gasteiger partial charge in [0, 0.05) is 17.6 Å². The number of amides is 1. The summed E-state index contributed by atoms with van der Waals surface area (Å²) >= 11 is 0. The molecule has 0 aliphatic carbocycles. The third-order valence-corrected chi connectivity index (χ3v) is 2.66. The van der Waals surface area contributed by atoms with E-state index in [1.165, 1.54) is 0 Å². The lowest BCUT2D eigenvalue weighted by molar-refractivity contribution is -0.120. The highest BCUT2D eigenvalue weighted by Gasteiger charge is 2.55. The molecule has 0 radical (unpaired) electrons. The van der Waals surface area contributed by atoms with Crippen LogP contribution in [0.3, 0.4) is 0 Å². The van der Waals surface area contributed by atoms with Crippen molar-refractivity contribution in [1.82, 2.24) is 10.6 Å². The summed E-state index contributed by atoms with van der Waals surface area (Å²) in [5, 5.41) is 6.11. The molecule has 1 rings (SSSR count). The van der Waals surface area contributed by atoms with E-state index in [0.29, 0.717) is 0 Å². The number of nitrogens with one attached hydrogen (secondary N) is 2. The van der Waals surface area contributed by atoms with Gasteiger partial charge in [-0.1, -0.05) is 6.92 Å². The van der Waals surface area contributed by atoms with Crippen molar-refractivity contribution in [2.75, 3.05) is 6.54 Å². The van der Waals surface area contributed by atoms with Crippen molar-refractivity contribution in [2.45, 2.75) is 57.7 Å². The van der Waals surface area contributed by atoms with Crippen LogP contribution in [0.25, 0.3) is 0 Å². The van der Waals surface area contributed by atoms with Gasteiger partial charge in [-0.25, -0.2) is 0 Å². The number of rotatable bonds is 5. The molecule has 1 fully saturated rings. The molecule has 0 spiro atoms. The number of hydrogen-bond acceptors (Lipinski definition) is 3. The SMILES string of the molecule is CCCNC(=O)C1NC1(C)CC(C)(C)N. The molecule has 0 bridgehead atoms. The van der Waals surface area contributed by atoms with Crippen molar-refractivity contribution >= 4 is 5.91 Å². The van der Waals surface area contributed by atoms with Crippen molar-refractivity contribution in [2.24, 2.45) is 5.73 Å². The molecule has 2 unspecified atom stereocenters.